The van der Waals surface area contributed by atoms with Gasteiger partial charge >= 0.3 is 5.38 Å². The Kier molecular flexibility index (Phi) is 5.50. The Labute approximate surface area is 184 Å². The first kappa shape index (κ1) is 21.0. The molecule has 160 valence electrons. The molecule has 3 heterocycles. The third-order valence-electron chi connectivity index (χ3n) is 4.13. The standard InChI is InChI=1S/C19H14Cl2F2N6O2/c1-11-5-16(19(21,22)23)29-17(25-11)7-15(27-29)18(30)26-13-8-24-28(9-13)10-31-14-4-2-3-12(20)6-14/h2-9H,10H2,1H3,(H,26,30). The van der Waals surface area contributed by atoms with Gasteiger partial charge in [-0.05, 0) is 42.8 Å². The summed E-state index contributed by atoms with van der Waals surface area (Å²) in [6, 6.07) is 9.29. The second-order valence-electron chi connectivity index (χ2n) is 6.53. The van der Waals surface area contributed by atoms with Crippen LogP contribution in [0.4, 0.5) is 14.5 Å². The zero-order valence-corrected chi connectivity index (χ0v) is 17.4. The third-order valence-corrected chi connectivity index (χ3v) is 4.56. The van der Waals surface area contributed by atoms with E-state index in [9.17, 15) is 13.6 Å². The molecule has 0 saturated heterocycles. The molecule has 0 unspecified atom stereocenters. The Morgan fingerprint density at radius 2 is 2.10 bits per heavy atom. The fourth-order valence-electron chi connectivity index (χ4n) is 2.80. The van der Waals surface area contributed by atoms with E-state index in [2.05, 4.69) is 20.5 Å². The third kappa shape index (κ3) is 4.75. The van der Waals surface area contributed by atoms with E-state index in [1.54, 1.807) is 37.4 Å². The number of aromatic nitrogens is 5. The number of anilines is 1. The molecule has 0 aliphatic carbocycles. The number of carbonyl (C=O) groups is 1. The number of aryl methyl sites for hydroxylation is 1. The van der Waals surface area contributed by atoms with Crippen molar-refractivity contribution in [1.82, 2.24) is 24.4 Å². The van der Waals surface area contributed by atoms with Crippen LogP contribution >= 0.6 is 23.2 Å². The van der Waals surface area contributed by atoms with Gasteiger partial charge in [-0.3, -0.25) is 4.79 Å². The number of ether oxygens (including phenoxy) is 1. The van der Waals surface area contributed by atoms with Crippen LogP contribution in [0.3, 0.4) is 0 Å². The number of fused-ring (bicyclic) bond motifs is 1. The highest BCUT2D eigenvalue weighted by Gasteiger charge is 2.32. The van der Waals surface area contributed by atoms with Crippen LogP contribution in [0.1, 0.15) is 21.9 Å². The molecule has 12 heteroatoms. The minimum atomic E-state index is -3.67. The lowest BCUT2D eigenvalue weighted by molar-refractivity contribution is 0.0868. The zero-order chi connectivity index (χ0) is 22.2. The Bertz CT molecular complexity index is 1270. The molecule has 0 fully saturated rings. The molecule has 0 aliphatic heterocycles. The van der Waals surface area contributed by atoms with Crippen molar-refractivity contribution in [2.45, 2.75) is 19.0 Å². The number of alkyl halides is 3. The van der Waals surface area contributed by atoms with Gasteiger partial charge < -0.3 is 10.1 Å². The van der Waals surface area contributed by atoms with E-state index in [1.807, 2.05) is 0 Å². The lowest BCUT2D eigenvalue weighted by Crippen LogP contribution is -2.15. The number of hydrogen-bond donors (Lipinski definition) is 1. The second-order valence-corrected chi connectivity index (χ2v) is 7.44. The zero-order valence-electron chi connectivity index (χ0n) is 15.9. The summed E-state index contributed by atoms with van der Waals surface area (Å²) in [6.07, 6.45) is 2.95. The maximum atomic E-state index is 13.7. The predicted molar refractivity (Wildman–Crippen MR) is 110 cm³/mol. The normalized spacial score (nSPS) is 11.6. The molecule has 0 bridgehead atoms. The van der Waals surface area contributed by atoms with Gasteiger partial charge in [0.2, 0.25) is 0 Å². The second kappa shape index (κ2) is 8.12. The summed E-state index contributed by atoms with van der Waals surface area (Å²) in [5.41, 5.74) is 0.0652. The van der Waals surface area contributed by atoms with Crippen molar-refractivity contribution in [1.29, 1.82) is 0 Å². The van der Waals surface area contributed by atoms with Crippen LogP contribution in [0, 0.1) is 6.92 Å². The van der Waals surface area contributed by atoms with Gasteiger partial charge in [0.25, 0.3) is 5.91 Å². The summed E-state index contributed by atoms with van der Waals surface area (Å²) in [7, 11) is 0. The average Bonchev–Trinajstić information content (AvgIpc) is 3.31. The van der Waals surface area contributed by atoms with Gasteiger partial charge in [0.15, 0.2) is 18.1 Å². The highest BCUT2D eigenvalue weighted by molar-refractivity contribution is 6.30. The molecule has 8 nitrogen and oxygen atoms in total. The smallest absolute Gasteiger partial charge is 0.364 e. The maximum Gasteiger partial charge on any atom is 0.364 e. The van der Waals surface area contributed by atoms with E-state index in [0.717, 1.165) is 10.6 Å². The summed E-state index contributed by atoms with van der Waals surface area (Å²) < 4.78 is 35.2. The number of nitrogens with zero attached hydrogens (tertiary/aromatic N) is 5. The lowest BCUT2D eigenvalue weighted by Gasteiger charge is -2.10. The largest absolute Gasteiger partial charge is 0.471 e. The molecule has 4 rings (SSSR count). The first-order valence-electron chi connectivity index (χ1n) is 8.86. The molecular formula is C19H14Cl2F2N6O2. The van der Waals surface area contributed by atoms with Crippen LogP contribution < -0.4 is 10.1 Å². The number of hydrogen-bond acceptors (Lipinski definition) is 5. The van der Waals surface area contributed by atoms with Gasteiger partial charge in [0, 0.05) is 16.8 Å². The molecule has 1 aromatic carbocycles. The summed E-state index contributed by atoms with van der Waals surface area (Å²) in [5.74, 6) is -0.0599. The summed E-state index contributed by atoms with van der Waals surface area (Å²) in [5, 5.41) is 7.48. The topological polar surface area (TPSA) is 86.3 Å². The quantitative estimate of drug-likeness (QED) is 0.423. The highest BCUT2D eigenvalue weighted by Crippen LogP contribution is 2.32. The van der Waals surface area contributed by atoms with E-state index in [4.69, 9.17) is 27.9 Å². The van der Waals surface area contributed by atoms with Gasteiger partial charge in [0.05, 0.1) is 18.1 Å². The fourth-order valence-corrected chi connectivity index (χ4v) is 3.12. The minimum absolute atomic E-state index is 0.0751. The Morgan fingerprint density at radius 1 is 1.29 bits per heavy atom. The van der Waals surface area contributed by atoms with Gasteiger partial charge in [0.1, 0.15) is 11.4 Å². The van der Waals surface area contributed by atoms with Crippen LogP contribution in [-0.2, 0) is 12.1 Å². The summed E-state index contributed by atoms with van der Waals surface area (Å²) >= 11 is 11.1. The van der Waals surface area contributed by atoms with Gasteiger partial charge in [-0.1, -0.05) is 17.7 Å². The first-order valence-corrected chi connectivity index (χ1v) is 9.61. The van der Waals surface area contributed by atoms with Crippen molar-refractivity contribution < 1.29 is 18.3 Å². The SMILES string of the molecule is Cc1cc(C(F)(F)Cl)n2nc(C(=O)Nc3cnn(COc4cccc(Cl)c4)c3)cc2n1. The van der Waals surface area contributed by atoms with Crippen molar-refractivity contribution in [3.63, 3.8) is 0 Å². The number of carbonyl (C=O) groups excluding carboxylic acids is 1. The molecule has 0 atom stereocenters. The van der Waals surface area contributed by atoms with Crippen LogP contribution in [0.25, 0.3) is 5.65 Å². The lowest BCUT2D eigenvalue weighted by atomic mass is 10.3. The highest BCUT2D eigenvalue weighted by atomic mass is 35.5. The molecule has 1 N–H and O–H groups in total. The van der Waals surface area contributed by atoms with Crippen molar-refractivity contribution in [3.05, 3.63) is 70.9 Å². The molecule has 0 aliphatic rings. The minimum Gasteiger partial charge on any atom is -0.471 e. The molecule has 0 saturated carbocycles. The first-order chi connectivity index (χ1) is 14.7. The molecule has 3 aromatic heterocycles. The van der Waals surface area contributed by atoms with Crippen LogP contribution in [0.2, 0.25) is 5.02 Å². The summed E-state index contributed by atoms with van der Waals surface area (Å²) in [4.78, 5) is 16.6. The molecular weight excluding hydrogens is 453 g/mol. The average molecular weight is 467 g/mol. The molecule has 1 amide bonds. The fraction of sp³-hybridized carbons (Fsp3) is 0.158. The molecule has 0 radical (unpaired) electrons. The number of amides is 1. The van der Waals surface area contributed by atoms with E-state index < -0.39 is 17.0 Å². The summed E-state index contributed by atoms with van der Waals surface area (Å²) in [6.45, 7) is 1.63. The van der Waals surface area contributed by atoms with Crippen LogP contribution in [0.5, 0.6) is 5.75 Å². The molecule has 0 spiro atoms. The molecule has 31 heavy (non-hydrogen) atoms. The number of halogens is 4. The Hall–Kier alpha value is -3.24. The predicted octanol–water partition coefficient (Wildman–Crippen LogP) is 4.46. The van der Waals surface area contributed by atoms with Crippen molar-refractivity contribution in [3.8, 4) is 5.75 Å². The van der Waals surface area contributed by atoms with Crippen molar-refractivity contribution in [2.24, 2.45) is 0 Å². The van der Waals surface area contributed by atoms with E-state index >= 15 is 0 Å². The number of benzene rings is 1. The van der Waals surface area contributed by atoms with Gasteiger partial charge in [-0.2, -0.15) is 19.0 Å². The molecule has 4 aromatic rings. The van der Waals surface area contributed by atoms with Crippen molar-refractivity contribution in [2.75, 3.05) is 5.32 Å². The van der Waals surface area contributed by atoms with Crippen LogP contribution in [0.15, 0.2) is 48.8 Å². The Balaban J connectivity index is 1.48. The van der Waals surface area contributed by atoms with E-state index in [0.29, 0.717) is 22.2 Å². The number of rotatable bonds is 6. The van der Waals surface area contributed by atoms with Crippen LogP contribution in [-0.4, -0.2) is 30.3 Å². The monoisotopic (exact) mass is 466 g/mol. The van der Waals surface area contributed by atoms with E-state index in [-0.39, 0.29) is 18.1 Å². The Morgan fingerprint density at radius 3 is 2.84 bits per heavy atom. The maximum absolute atomic E-state index is 13.7. The van der Waals surface area contributed by atoms with Crippen molar-refractivity contribution >= 4 is 40.4 Å². The number of nitrogens with one attached hydrogen (secondary N) is 1. The van der Waals surface area contributed by atoms with Gasteiger partial charge in [-0.15, -0.1) is 0 Å². The van der Waals surface area contributed by atoms with Gasteiger partial charge in [-0.25, -0.2) is 14.2 Å². The van der Waals surface area contributed by atoms with E-state index in [1.165, 1.54) is 16.9 Å².